The normalized spacial score (nSPS) is 13.4. The number of hydrogen-bond acceptors (Lipinski definition) is 5. The molecule has 2 N–H and O–H groups in total. The Kier molecular flexibility index (Phi) is 7.36. The third-order valence-corrected chi connectivity index (χ3v) is 6.78. The molecule has 0 atom stereocenters. The summed E-state index contributed by atoms with van der Waals surface area (Å²) in [4.78, 5) is 43.8. The van der Waals surface area contributed by atoms with Gasteiger partial charge >= 0.3 is 0 Å². The van der Waals surface area contributed by atoms with Crippen molar-refractivity contribution in [2.24, 2.45) is 0 Å². The number of anilines is 1. The monoisotopic (exact) mass is 528 g/mol. The maximum Gasteiger partial charge on any atom is 0.254 e. The van der Waals surface area contributed by atoms with Gasteiger partial charge < -0.3 is 15.5 Å². The second-order valence-electron chi connectivity index (χ2n) is 9.70. The minimum atomic E-state index is -0.463. The number of carbonyl (C=O) groups is 3. The van der Waals surface area contributed by atoms with E-state index in [2.05, 4.69) is 20.7 Å². The molecule has 0 radical (unpaired) electrons. The van der Waals surface area contributed by atoms with Crippen LogP contribution in [0.1, 0.15) is 58.0 Å². The van der Waals surface area contributed by atoms with Crippen LogP contribution in [0.15, 0.2) is 54.7 Å². The first-order valence-electron chi connectivity index (χ1n) is 12.9. The molecule has 5 rings (SSSR count). The van der Waals surface area contributed by atoms with Crippen molar-refractivity contribution >= 4 is 29.2 Å². The smallest absolute Gasteiger partial charge is 0.254 e. The number of aryl methyl sites for hydroxylation is 1. The molecule has 1 saturated heterocycles. The van der Waals surface area contributed by atoms with Gasteiger partial charge in [0, 0.05) is 43.2 Å². The fraction of sp³-hybridized carbons (Fsp3) is 0.276. The van der Waals surface area contributed by atoms with E-state index >= 15 is 0 Å². The van der Waals surface area contributed by atoms with Crippen molar-refractivity contribution in [1.82, 2.24) is 24.8 Å². The summed E-state index contributed by atoms with van der Waals surface area (Å²) in [6.45, 7) is 4.62. The van der Waals surface area contributed by atoms with E-state index in [1.165, 1.54) is 25.1 Å². The highest BCUT2D eigenvalue weighted by atomic mass is 19.1. The Hall–Kier alpha value is -4.60. The van der Waals surface area contributed by atoms with E-state index in [0.29, 0.717) is 52.5 Å². The average Bonchev–Trinajstić information content (AvgIpc) is 3.33. The van der Waals surface area contributed by atoms with Gasteiger partial charge in [0.1, 0.15) is 5.82 Å². The van der Waals surface area contributed by atoms with E-state index in [1.807, 2.05) is 19.1 Å². The molecule has 1 aliphatic heterocycles. The zero-order valence-corrected chi connectivity index (χ0v) is 21.8. The highest BCUT2D eigenvalue weighted by molar-refractivity contribution is 5.98. The second kappa shape index (κ2) is 11.0. The van der Waals surface area contributed by atoms with E-state index < -0.39 is 5.82 Å². The predicted molar refractivity (Wildman–Crippen MR) is 145 cm³/mol. The molecular weight excluding hydrogens is 499 g/mol. The third-order valence-electron chi connectivity index (χ3n) is 6.78. The summed E-state index contributed by atoms with van der Waals surface area (Å²) in [7, 11) is 0. The summed E-state index contributed by atoms with van der Waals surface area (Å²) in [6.07, 6.45) is 4.61. The van der Waals surface area contributed by atoms with Gasteiger partial charge in [0.05, 0.1) is 11.9 Å². The zero-order chi connectivity index (χ0) is 27.5. The summed E-state index contributed by atoms with van der Waals surface area (Å²) in [5, 5.41) is 10.1. The van der Waals surface area contributed by atoms with E-state index in [1.54, 1.807) is 33.8 Å². The van der Waals surface area contributed by atoms with Crippen LogP contribution >= 0.6 is 0 Å². The Bertz CT molecular complexity index is 1570. The molecule has 9 nitrogen and oxygen atoms in total. The fourth-order valence-electron chi connectivity index (χ4n) is 4.76. The van der Waals surface area contributed by atoms with Gasteiger partial charge in [-0.05, 0) is 73.7 Å². The molecule has 10 heteroatoms. The number of piperidine rings is 1. The Labute approximate surface area is 225 Å². The Morgan fingerprint density at radius 3 is 2.54 bits per heavy atom. The molecule has 2 aromatic heterocycles. The minimum Gasteiger partial charge on any atom is -0.348 e. The number of rotatable bonds is 6. The van der Waals surface area contributed by atoms with Crippen molar-refractivity contribution in [1.29, 1.82) is 0 Å². The van der Waals surface area contributed by atoms with Crippen molar-refractivity contribution in [2.45, 2.75) is 39.7 Å². The van der Waals surface area contributed by atoms with Gasteiger partial charge in [0.15, 0.2) is 11.5 Å². The van der Waals surface area contributed by atoms with Gasteiger partial charge in [-0.2, -0.15) is 5.10 Å². The van der Waals surface area contributed by atoms with Crippen LogP contribution in [-0.2, 0) is 11.3 Å². The van der Waals surface area contributed by atoms with Crippen LogP contribution in [0.3, 0.4) is 0 Å². The molecule has 3 amide bonds. The maximum absolute atomic E-state index is 14.1. The van der Waals surface area contributed by atoms with Gasteiger partial charge in [-0.25, -0.2) is 13.9 Å². The van der Waals surface area contributed by atoms with Crippen LogP contribution in [0, 0.1) is 12.7 Å². The quantitative estimate of drug-likeness (QED) is 0.387. The summed E-state index contributed by atoms with van der Waals surface area (Å²) in [5.41, 5.74) is 3.95. The van der Waals surface area contributed by atoms with Crippen LogP contribution in [0.4, 0.5) is 10.2 Å². The summed E-state index contributed by atoms with van der Waals surface area (Å²) >= 11 is 0. The number of fused-ring (bicyclic) bond motifs is 1. The molecule has 2 aromatic carbocycles. The van der Waals surface area contributed by atoms with Gasteiger partial charge in [-0.1, -0.05) is 12.1 Å². The Morgan fingerprint density at radius 1 is 0.974 bits per heavy atom. The molecule has 0 unspecified atom stereocenters. The van der Waals surface area contributed by atoms with Crippen LogP contribution in [0.25, 0.3) is 16.9 Å². The maximum atomic E-state index is 14.1. The number of carbonyl (C=O) groups excluding carboxylic acids is 3. The summed E-state index contributed by atoms with van der Waals surface area (Å²) < 4.78 is 15.7. The molecule has 0 aliphatic carbocycles. The first-order chi connectivity index (χ1) is 18.8. The summed E-state index contributed by atoms with van der Waals surface area (Å²) in [5.74, 6) is -0.776. The molecule has 200 valence electrons. The van der Waals surface area contributed by atoms with Crippen molar-refractivity contribution in [3.05, 3.63) is 82.8 Å². The number of aromatic nitrogens is 3. The largest absolute Gasteiger partial charge is 0.348 e. The second-order valence-corrected chi connectivity index (χ2v) is 9.70. The Balaban J connectivity index is 1.35. The Morgan fingerprint density at radius 2 is 1.77 bits per heavy atom. The molecule has 3 heterocycles. The van der Waals surface area contributed by atoms with Gasteiger partial charge in [0.2, 0.25) is 5.91 Å². The van der Waals surface area contributed by atoms with Crippen LogP contribution in [0.5, 0.6) is 0 Å². The van der Waals surface area contributed by atoms with Crippen molar-refractivity contribution in [2.75, 3.05) is 18.4 Å². The first kappa shape index (κ1) is 26.0. The minimum absolute atomic E-state index is 0.0142. The predicted octanol–water partition coefficient (Wildman–Crippen LogP) is 4.36. The number of hydrogen-bond donors (Lipinski definition) is 2. The van der Waals surface area contributed by atoms with E-state index in [4.69, 9.17) is 0 Å². The number of likely N-dealkylation sites (tertiary alicyclic amines) is 1. The van der Waals surface area contributed by atoms with Crippen LogP contribution < -0.4 is 10.6 Å². The molecule has 0 saturated carbocycles. The highest BCUT2D eigenvalue weighted by Crippen LogP contribution is 2.23. The first-order valence-corrected chi connectivity index (χ1v) is 12.9. The standard InChI is InChI=1S/C29H29FN6O3/c1-18-6-7-20(25-10-11-27-33-26(32-19(2)37)17-36(27)34-25)15-24(18)28(38)31-16-21-14-22(30)8-9-23(21)29(39)35-12-4-3-5-13-35/h6-11,14-15,17H,3-5,12-13,16H2,1-2H3,(H,31,38)(H,32,37). The number of benzene rings is 2. The van der Waals surface area contributed by atoms with Gasteiger partial charge in [-0.15, -0.1) is 0 Å². The zero-order valence-electron chi connectivity index (χ0n) is 21.8. The molecule has 1 aliphatic rings. The lowest BCUT2D eigenvalue weighted by atomic mass is 10.0. The molecular formula is C29H29FN6O3. The van der Waals surface area contributed by atoms with E-state index in [0.717, 1.165) is 24.8 Å². The molecule has 1 fully saturated rings. The molecule has 0 bridgehead atoms. The number of nitrogens with one attached hydrogen (secondary N) is 2. The third kappa shape index (κ3) is 5.79. The van der Waals surface area contributed by atoms with Crippen molar-refractivity contribution < 1.29 is 18.8 Å². The number of amides is 3. The SMILES string of the molecule is CC(=O)Nc1cn2nc(-c3ccc(C)c(C(=O)NCc4cc(F)ccc4C(=O)N4CCCCC4)c3)ccc2n1. The molecule has 0 spiro atoms. The van der Waals surface area contributed by atoms with Crippen LogP contribution in [-0.4, -0.2) is 50.3 Å². The van der Waals surface area contributed by atoms with E-state index in [9.17, 15) is 18.8 Å². The van der Waals surface area contributed by atoms with Crippen molar-refractivity contribution in [3.8, 4) is 11.3 Å². The lowest BCUT2D eigenvalue weighted by molar-refractivity contribution is -0.114. The molecule has 4 aromatic rings. The number of halogens is 1. The average molecular weight is 529 g/mol. The summed E-state index contributed by atoms with van der Waals surface area (Å²) in [6, 6.07) is 13.1. The molecule has 39 heavy (non-hydrogen) atoms. The fourth-order valence-corrected chi connectivity index (χ4v) is 4.76. The lowest BCUT2D eigenvalue weighted by Crippen LogP contribution is -2.36. The van der Waals surface area contributed by atoms with E-state index in [-0.39, 0.29) is 24.3 Å². The lowest BCUT2D eigenvalue weighted by Gasteiger charge is -2.27. The van der Waals surface area contributed by atoms with Gasteiger partial charge in [-0.3, -0.25) is 14.4 Å². The number of nitrogens with zero attached hydrogens (tertiary/aromatic N) is 4. The van der Waals surface area contributed by atoms with Crippen molar-refractivity contribution in [3.63, 3.8) is 0 Å². The van der Waals surface area contributed by atoms with Crippen LogP contribution in [0.2, 0.25) is 0 Å². The van der Waals surface area contributed by atoms with Gasteiger partial charge in [0.25, 0.3) is 11.8 Å². The highest BCUT2D eigenvalue weighted by Gasteiger charge is 2.22. The topological polar surface area (TPSA) is 109 Å². The number of imidazole rings is 1.